The van der Waals surface area contributed by atoms with Crippen molar-refractivity contribution < 1.29 is 27.5 Å². The Kier molecular flexibility index (Phi) is 4.54. The minimum atomic E-state index is -4.45. The lowest BCUT2D eigenvalue weighted by molar-refractivity contribution is -0.120. The van der Waals surface area contributed by atoms with Crippen LogP contribution in [0.2, 0.25) is 0 Å². The van der Waals surface area contributed by atoms with Crippen LogP contribution >= 0.6 is 0 Å². The third-order valence-electron chi connectivity index (χ3n) is 5.53. The van der Waals surface area contributed by atoms with Crippen molar-refractivity contribution in [1.29, 1.82) is 0 Å². The van der Waals surface area contributed by atoms with Crippen LogP contribution in [0.4, 0.5) is 18.0 Å². The number of allylic oxidation sites excluding steroid dienone is 3. The molecule has 154 valence electrons. The van der Waals surface area contributed by atoms with Crippen LogP contribution < -0.4 is 16.2 Å². The maximum Gasteiger partial charge on any atom is 0.432 e. The number of carbonyl (C=O) groups excluding carboxylic acids is 2. The standard InChI is InChI=1S/C17H22F3N5O3/c18-17(19,20)12-1-2-14(23-22-12)28-11-4-7-24(8-5-11)15(27)25-9-16(10-25)6-3-13(26)21-16/h1-2,11,22-23H,3-10H2,(H,21,26). The molecule has 28 heavy (non-hydrogen) atoms. The van der Waals surface area contributed by atoms with Crippen molar-refractivity contribution in [3.63, 3.8) is 0 Å². The number of hydrogen-bond donors (Lipinski definition) is 3. The lowest BCUT2D eigenvalue weighted by atomic mass is 9.88. The minimum absolute atomic E-state index is 0.0420. The number of carbonyl (C=O) groups is 2. The summed E-state index contributed by atoms with van der Waals surface area (Å²) in [5, 5.41) is 2.95. The quantitative estimate of drug-likeness (QED) is 0.642. The SMILES string of the molecule is O=C1CCC2(CN(C(=O)N3CCC(OC4=CC=C(C(F)(F)F)NN4)CC3)C2)N1. The van der Waals surface area contributed by atoms with Crippen LogP contribution in [0.25, 0.3) is 0 Å². The molecule has 1 spiro atoms. The molecular formula is C17H22F3N5O3. The van der Waals surface area contributed by atoms with Crippen LogP contribution in [0, 0.1) is 0 Å². The zero-order chi connectivity index (χ0) is 19.9. The van der Waals surface area contributed by atoms with E-state index in [-0.39, 0.29) is 29.5 Å². The molecule has 0 radical (unpaired) electrons. The number of amides is 3. The molecule has 0 aliphatic carbocycles. The second-order valence-corrected chi connectivity index (χ2v) is 7.63. The lowest BCUT2D eigenvalue weighted by Crippen LogP contribution is -2.70. The second-order valence-electron chi connectivity index (χ2n) is 7.63. The fourth-order valence-corrected chi connectivity index (χ4v) is 3.98. The number of hydrazine groups is 1. The summed E-state index contributed by atoms with van der Waals surface area (Å²) in [5.74, 6) is 0.266. The zero-order valence-electron chi connectivity index (χ0n) is 15.1. The van der Waals surface area contributed by atoms with Gasteiger partial charge in [0.2, 0.25) is 11.8 Å². The first-order valence-electron chi connectivity index (χ1n) is 9.27. The highest BCUT2D eigenvalue weighted by atomic mass is 19.4. The highest BCUT2D eigenvalue weighted by Crippen LogP contribution is 2.32. The maximum atomic E-state index is 12.6. The number of urea groups is 1. The third-order valence-corrected chi connectivity index (χ3v) is 5.53. The first-order valence-corrected chi connectivity index (χ1v) is 9.27. The van der Waals surface area contributed by atoms with Crippen molar-refractivity contribution in [3.05, 3.63) is 23.7 Å². The second kappa shape index (κ2) is 6.78. The molecule has 0 aromatic carbocycles. The number of likely N-dealkylation sites (tertiary alicyclic amines) is 2. The van der Waals surface area contributed by atoms with Crippen LogP contribution in [-0.2, 0) is 9.53 Å². The van der Waals surface area contributed by atoms with E-state index in [2.05, 4.69) is 16.2 Å². The summed E-state index contributed by atoms with van der Waals surface area (Å²) in [6.45, 7) is 2.13. The molecule has 0 atom stereocenters. The highest BCUT2D eigenvalue weighted by molar-refractivity contribution is 5.82. The minimum Gasteiger partial charge on any atom is -0.475 e. The highest BCUT2D eigenvalue weighted by Gasteiger charge is 2.50. The number of piperidine rings is 1. The van der Waals surface area contributed by atoms with E-state index < -0.39 is 11.9 Å². The molecule has 0 aromatic rings. The molecule has 3 N–H and O–H groups in total. The summed E-state index contributed by atoms with van der Waals surface area (Å²) in [7, 11) is 0. The first kappa shape index (κ1) is 18.8. The predicted molar refractivity (Wildman–Crippen MR) is 91.2 cm³/mol. The Morgan fingerprint density at radius 2 is 1.86 bits per heavy atom. The predicted octanol–water partition coefficient (Wildman–Crippen LogP) is 0.947. The van der Waals surface area contributed by atoms with Gasteiger partial charge in [0.25, 0.3) is 0 Å². The van der Waals surface area contributed by atoms with E-state index in [1.807, 2.05) is 0 Å². The average Bonchev–Trinajstić information content (AvgIpc) is 3.02. The number of nitrogens with zero attached hydrogens (tertiary/aromatic N) is 2. The van der Waals surface area contributed by atoms with Gasteiger partial charge in [-0.05, 0) is 12.5 Å². The van der Waals surface area contributed by atoms with Gasteiger partial charge >= 0.3 is 12.2 Å². The summed E-state index contributed by atoms with van der Waals surface area (Å²) < 4.78 is 43.4. The summed E-state index contributed by atoms with van der Waals surface area (Å²) in [6.07, 6.45) is 0.0137. The Balaban J connectivity index is 1.22. The van der Waals surface area contributed by atoms with Crippen molar-refractivity contribution in [1.82, 2.24) is 26.0 Å². The normalized spacial score (nSPS) is 24.6. The van der Waals surface area contributed by atoms with Crippen molar-refractivity contribution >= 4 is 11.9 Å². The number of halogens is 3. The van der Waals surface area contributed by atoms with Crippen molar-refractivity contribution in [3.8, 4) is 0 Å². The van der Waals surface area contributed by atoms with Gasteiger partial charge in [0.05, 0.1) is 5.54 Å². The van der Waals surface area contributed by atoms with Gasteiger partial charge < -0.3 is 19.9 Å². The topological polar surface area (TPSA) is 85.9 Å². The van der Waals surface area contributed by atoms with Crippen LogP contribution in [0.3, 0.4) is 0 Å². The number of hydrogen-bond acceptors (Lipinski definition) is 5. The van der Waals surface area contributed by atoms with Gasteiger partial charge in [0.15, 0.2) is 0 Å². The Morgan fingerprint density at radius 3 is 2.39 bits per heavy atom. The smallest absolute Gasteiger partial charge is 0.432 e. The number of rotatable bonds is 2. The number of ether oxygens (including phenoxy) is 1. The van der Waals surface area contributed by atoms with E-state index >= 15 is 0 Å². The summed E-state index contributed by atoms with van der Waals surface area (Å²) in [6, 6.07) is -0.0420. The van der Waals surface area contributed by atoms with E-state index in [4.69, 9.17) is 4.74 Å². The molecule has 11 heteroatoms. The number of alkyl halides is 3. The molecule has 3 fully saturated rings. The Morgan fingerprint density at radius 1 is 1.14 bits per heavy atom. The van der Waals surface area contributed by atoms with Crippen LogP contribution in [0.15, 0.2) is 23.7 Å². The van der Waals surface area contributed by atoms with E-state index in [9.17, 15) is 22.8 Å². The molecule has 3 amide bonds. The van der Waals surface area contributed by atoms with Gasteiger partial charge in [-0.15, -0.1) is 0 Å². The molecule has 4 aliphatic heterocycles. The Bertz CT molecular complexity index is 722. The zero-order valence-corrected chi connectivity index (χ0v) is 15.1. The van der Waals surface area contributed by atoms with Gasteiger partial charge in [0, 0.05) is 51.5 Å². The van der Waals surface area contributed by atoms with Crippen molar-refractivity contribution in [2.45, 2.75) is 43.5 Å². The van der Waals surface area contributed by atoms with E-state index in [0.717, 1.165) is 12.5 Å². The molecule has 0 bridgehead atoms. The molecule has 8 nitrogen and oxygen atoms in total. The molecule has 0 unspecified atom stereocenters. The molecule has 0 aromatic heterocycles. The van der Waals surface area contributed by atoms with Crippen LogP contribution in [0.5, 0.6) is 0 Å². The summed E-state index contributed by atoms with van der Waals surface area (Å²) >= 11 is 0. The van der Waals surface area contributed by atoms with Gasteiger partial charge in [-0.1, -0.05) is 0 Å². The molecule has 4 aliphatic rings. The van der Waals surface area contributed by atoms with Gasteiger partial charge in [0.1, 0.15) is 11.8 Å². The maximum absolute atomic E-state index is 12.6. The summed E-state index contributed by atoms with van der Waals surface area (Å²) in [4.78, 5) is 27.5. The lowest BCUT2D eigenvalue weighted by Gasteiger charge is -2.49. The van der Waals surface area contributed by atoms with Gasteiger partial charge in [-0.25, -0.2) is 4.79 Å². The van der Waals surface area contributed by atoms with E-state index in [0.29, 0.717) is 45.4 Å². The fourth-order valence-electron chi connectivity index (χ4n) is 3.98. The van der Waals surface area contributed by atoms with E-state index in [1.165, 1.54) is 6.08 Å². The molecule has 3 saturated heterocycles. The molecular weight excluding hydrogens is 379 g/mol. The monoisotopic (exact) mass is 401 g/mol. The number of nitrogens with one attached hydrogen (secondary N) is 3. The van der Waals surface area contributed by atoms with Crippen LogP contribution in [0.1, 0.15) is 25.7 Å². The fraction of sp³-hybridized carbons (Fsp3) is 0.647. The first-order chi connectivity index (χ1) is 13.2. The molecule has 0 saturated carbocycles. The largest absolute Gasteiger partial charge is 0.475 e. The van der Waals surface area contributed by atoms with Crippen LogP contribution in [-0.4, -0.2) is 65.7 Å². The Labute approximate surface area is 159 Å². The van der Waals surface area contributed by atoms with Crippen molar-refractivity contribution in [2.24, 2.45) is 0 Å². The van der Waals surface area contributed by atoms with Crippen molar-refractivity contribution in [2.75, 3.05) is 26.2 Å². The van der Waals surface area contributed by atoms with Gasteiger partial charge in [-0.3, -0.25) is 15.6 Å². The average molecular weight is 401 g/mol. The molecule has 4 heterocycles. The summed E-state index contributed by atoms with van der Waals surface area (Å²) in [5.41, 5.74) is 3.36. The van der Waals surface area contributed by atoms with Gasteiger partial charge in [-0.2, -0.15) is 13.2 Å². The Hall–Kier alpha value is -2.59. The van der Waals surface area contributed by atoms with E-state index in [1.54, 1.807) is 9.80 Å². The third kappa shape index (κ3) is 3.69. The molecule has 4 rings (SSSR count).